The van der Waals surface area contributed by atoms with Crippen LogP contribution in [0, 0.1) is 11.6 Å². The number of carbonyl (C=O) groups is 2. The zero-order chi connectivity index (χ0) is 18.2. The SMILES string of the molecule is COc1ccccc1OCC(=O)OCC(=O)Nc1c(F)cccc1F. The van der Waals surface area contributed by atoms with Gasteiger partial charge in [0.1, 0.15) is 17.3 Å². The van der Waals surface area contributed by atoms with Crippen molar-refractivity contribution in [1.82, 2.24) is 0 Å². The first-order valence-corrected chi connectivity index (χ1v) is 7.16. The summed E-state index contributed by atoms with van der Waals surface area (Å²) in [6.45, 7) is -1.16. The van der Waals surface area contributed by atoms with Crippen molar-refractivity contribution in [2.24, 2.45) is 0 Å². The number of methoxy groups -OCH3 is 1. The first-order valence-electron chi connectivity index (χ1n) is 7.16. The molecular formula is C17H15F2NO5. The van der Waals surface area contributed by atoms with Crippen molar-refractivity contribution in [3.63, 3.8) is 0 Å². The molecule has 0 aliphatic carbocycles. The van der Waals surface area contributed by atoms with Crippen LogP contribution in [-0.2, 0) is 14.3 Å². The molecule has 0 saturated heterocycles. The molecule has 2 aromatic carbocycles. The largest absolute Gasteiger partial charge is 0.493 e. The van der Waals surface area contributed by atoms with Crippen LogP contribution in [0.2, 0.25) is 0 Å². The summed E-state index contributed by atoms with van der Waals surface area (Å²) in [6, 6.07) is 9.82. The molecule has 0 atom stereocenters. The molecule has 0 unspecified atom stereocenters. The predicted octanol–water partition coefficient (Wildman–Crippen LogP) is 2.53. The second-order valence-electron chi connectivity index (χ2n) is 4.75. The molecule has 0 heterocycles. The lowest BCUT2D eigenvalue weighted by Gasteiger charge is -2.10. The number of esters is 1. The first-order chi connectivity index (χ1) is 12.0. The molecule has 2 aromatic rings. The highest BCUT2D eigenvalue weighted by molar-refractivity contribution is 5.93. The van der Waals surface area contributed by atoms with Crippen LogP contribution in [0.1, 0.15) is 0 Å². The second kappa shape index (κ2) is 8.62. The van der Waals surface area contributed by atoms with E-state index in [2.05, 4.69) is 4.74 Å². The minimum absolute atomic E-state index is 0.333. The Hall–Kier alpha value is -3.16. The molecule has 0 aliphatic rings. The Morgan fingerprint density at radius 1 is 0.960 bits per heavy atom. The van der Waals surface area contributed by atoms with Crippen molar-refractivity contribution in [1.29, 1.82) is 0 Å². The van der Waals surface area contributed by atoms with Gasteiger partial charge in [0.05, 0.1) is 7.11 Å². The molecule has 0 fully saturated rings. The summed E-state index contributed by atoms with van der Waals surface area (Å²) in [6.07, 6.45) is 0. The van der Waals surface area contributed by atoms with E-state index < -0.39 is 42.4 Å². The number of benzene rings is 2. The highest BCUT2D eigenvalue weighted by atomic mass is 19.1. The van der Waals surface area contributed by atoms with Gasteiger partial charge in [-0.2, -0.15) is 0 Å². The second-order valence-corrected chi connectivity index (χ2v) is 4.75. The molecule has 6 nitrogen and oxygen atoms in total. The van der Waals surface area contributed by atoms with E-state index in [1.54, 1.807) is 24.3 Å². The summed E-state index contributed by atoms with van der Waals surface area (Å²) in [5.74, 6) is -2.80. The van der Waals surface area contributed by atoms with E-state index in [9.17, 15) is 18.4 Å². The van der Waals surface area contributed by atoms with Gasteiger partial charge in [0.2, 0.25) is 0 Å². The van der Waals surface area contributed by atoms with Gasteiger partial charge in [-0.25, -0.2) is 13.6 Å². The van der Waals surface area contributed by atoms with Crippen molar-refractivity contribution in [3.05, 3.63) is 54.1 Å². The average Bonchev–Trinajstić information content (AvgIpc) is 2.61. The lowest BCUT2D eigenvalue weighted by atomic mass is 10.3. The lowest BCUT2D eigenvalue weighted by Crippen LogP contribution is -2.24. The summed E-state index contributed by atoms with van der Waals surface area (Å²) in [5.41, 5.74) is -0.603. The van der Waals surface area contributed by atoms with E-state index in [4.69, 9.17) is 9.47 Å². The van der Waals surface area contributed by atoms with Crippen molar-refractivity contribution in [2.45, 2.75) is 0 Å². The van der Waals surface area contributed by atoms with Gasteiger partial charge in [-0.15, -0.1) is 0 Å². The molecule has 0 bridgehead atoms. The Bertz CT molecular complexity index is 746. The van der Waals surface area contributed by atoms with E-state index in [-0.39, 0.29) is 0 Å². The molecule has 8 heteroatoms. The molecular weight excluding hydrogens is 336 g/mol. The highest BCUT2D eigenvalue weighted by Crippen LogP contribution is 2.25. The number of amides is 1. The third-order valence-corrected chi connectivity index (χ3v) is 3.01. The van der Waals surface area contributed by atoms with Crippen LogP contribution in [0.4, 0.5) is 14.5 Å². The fraction of sp³-hybridized carbons (Fsp3) is 0.176. The lowest BCUT2D eigenvalue weighted by molar-refractivity contribution is -0.149. The molecule has 1 amide bonds. The first kappa shape index (κ1) is 18.2. The number of anilines is 1. The molecule has 0 spiro atoms. The van der Waals surface area contributed by atoms with Gasteiger partial charge in [-0.05, 0) is 24.3 Å². The third kappa shape index (κ3) is 5.17. The van der Waals surface area contributed by atoms with Gasteiger partial charge < -0.3 is 19.5 Å². The molecule has 25 heavy (non-hydrogen) atoms. The highest BCUT2D eigenvalue weighted by Gasteiger charge is 2.14. The number of hydrogen-bond donors (Lipinski definition) is 1. The maximum atomic E-state index is 13.4. The van der Waals surface area contributed by atoms with Crippen LogP contribution >= 0.6 is 0 Å². The molecule has 0 radical (unpaired) electrons. The molecule has 132 valence electrons. The maximum Gasteiger partial charge on any atom is 0.344 e. The summed E-state index contributed by atoms with van der Waals surface area (Å²) in [7, 11) is 1.45. The van der Waals surface area contributed by atoms with Crippen molar-refractivity contribution in [3.8, 4) is 11.5 Å². The summed E-state index contributed by atoms with van der Waals surface area (Å²) < 4.78 is 41.8. The zero-order valence-electron chi connectivity index (χ0n) is 13.3. The number of hydrogen-bond acceptors (Lipinski definition) is 5. The van der Waals surface area contributed by atoms with Crippen molar-refractivity contribution < 1.29 is 32.6 Å². The van der Waals surface area contributed by atoms with Gasteiger partial charge in [-0.1, -0.05) is 18.2 Å². The number of nitrogens with one attached hydrogen (secondary N) is 1. The Morgan fingerprint density at radius 3 is 2.24 bits per heavy atom. The van der Waals surface area contributed by atoms with Gasteiger partial charge in [-0.3, -0.25) is 4.79 Å². The fourth-order valence-corrected chi connectivity index (χ4v) is 1.86. The van der Waals surface area contributed by atoms with Crippen LogP contribution in [0.3, 0.4) is 0 Å². The minimum atomic E-state index is -0.931. The number of halogens is 2. The number of ether oxygens (including phenoxy) is 3. The predicted molar refractivity (Wildman–Crippen MR) is 84.4 cm³/mol. The van der Waals surface area contributed by atoms with Crippen LogP contribution < -0.4 is 14.8 Å². The van der Waals surface area contributed by atoms with E-state index in [1.807, 2.05) is 5.32 Å². The summed E-state index contributed by atoms with van der Waals surface area (Å²) in [5, 5.41) is 2.00. The quantitative estimate of drug-likeness (QED) is 0.776. The molecule has 1 N–H and O–H groups in total. The minimum Gasteiger partial charge on any atom is -0.493 e. The monoisotopic (exact) mass is 351 g/mol. The molecule has 0 aromatic heterocycles. The fourth-order valence-electron chi connectivity index (χ4n) is 1.86. The van der Waals surface area contributed by atoms with Gasteiger partial charge in [0.15, 0.2) is 24.7 Å². The Labute approximate surface area is 142 Å². The Morgan fingerprint density at radius 2 is 1.60 bits per heavy atom. The standard InChI is InChI=1S/C17H15F2NO5/c1-23-13-7-2-3-8-14(13)24-10-16(22)25-9-15(21)20-17-11(18)5-4-6-12(17)19/h2-8H,9-10H2,1H3,(H,20,21). The number of rotatable bonds is 7. The van der Waals surface area contributed by atoms with Crippen LogP contribution in [0.5, 0.6) is 11.5 Å². The van der Waals surface area contributed by atoms with Crippen LogP contribution in [0.15, 0.2) is 42.5 Å². The van der Waals surface area contributed by atoms with E-state index in [0.717, 1.165) is 18.2 Å². The number of carbonyl (C=O) groups excluding carboxylic acids is 2. The third-order valence-electron chi connectivity index (χ3n) is 3.01. The normalized spacial score (nSPS) is 10.0. The van der Waals surface area contributed by atoms with Gasteiger partial charge >= 0.3 is 5.97 Å². The Kier molecular flexibility index (Phi) is 6.27. The van der Waals surface area contributed by atoms with Crippen LogP contribution in [-0.4, -0.2) is 32.2 Å². The van der Waals surface area contributed by atoms with Gasteiger partial charge in [0, 0.05) is 0 Å². The molecule has 0 saturated carbocycles. The summed E-state index contributed by atoms with van der Waals surface area (Å²) >= 11 is 0. The average molecular weight is 351 g/mol. The van der Waals surface area contributed by atoms with Gasteiger partial charge in [0.25, 0.3) is 5.91 Å². The zero-order valence-corrected chi connectivity index (χ0v) is 13.3. The van der Waals surface area contributed by atoms with E-state index in [0.29, 0.717) is 11.5 Å². The summed E-state index contributed by atoms with van der Waals surface area (Å²) in [4.78, 5) is 23.2. The Balaban J connectivity index is 1.80. The maximum absolute atomic E-state index is 13.4. The smallest absolute Gasteiger partial charge is 0.344 e. The van der Waals surface area contributed by atoms with E-state index >= 15 is 0 Å². The molecule has 0 aliphatic heterocycles. The topological polar surface area (TPSA) is 73.9 Å². The van der Waals surface area contributed by atoms with Crippen molar-refractivity contribution >= 4 is 17.6 Å². The van der Waals surface area contributed by atoms with E-state index in [1.165, 1.54) is 7.11 Å². The number of para-hydroxylation sites is 3. The molecule has 2 rings (SSSR count). The van der Waals surface area contributed by atoms with Crippen LogP contribution in [0.25, 0.3) is 0 Å². The van der Waals surface area contributed by atoms with Crippen molar-refractivity contribution in [2.75, 3.05) is 25.6 Å².